The second-order valence-corrected chi connectivity index (χ2v) is 9.19. The molecule has 0 unspecified atom stereocenters. The quantitative estimate of drug-likeness (QED) is 0.167. The number of carboxylic acids is 1. The van der Waals surface area contributed by atoms with Crippen LogP contribution in [-0.2, 0) is 13.0 Å². The summed E-state index contributed by atoms with van der Waals surface area (Å²) in [5.74, 6) is 3.80. The molecule has 0 saturated carbocycles. The number of benzene rings is 3. The van der Waals surface area contributed by atoms with Gasteiger partial charge in [0.25, 0.3) is 5.91 Å². The third kappa shape index (κ3) is 8.45. The molecule has 0 bridgehead atoms. The molecule has 0 aliphatic carbocycles. The topological polar surface area (TPSA) is 57.6 Å². The summed E-state index contributed by atoms with van der Waals surface area (Å²) in [6.45, 7) is 4.97. The van der Waals surface area contributed by atoms with Gasteiger partial charge in [0.1, 0.15) is 5.82 Å². The average molecular weight is 512 g/mol. The highest BCUT2D eigenvalue weighted by Gasteiger charge is 2.19. The zero-order chi connectivity index (χ0) is 27.3. The fourth-order valence-corrected chi connectivity index (χ4v) is 4.02. The lowest BCUT2D eigenvalue weighted by atomic mass is 10.1. The molecule has 0 radical (unpaired) electrons. The second kappa shape index (κ2) is 14.5. The molecule has 3 aromatic rings. The maximum atomic E-state index is 13.9. The van der Waals surface area contributed by atoms with Crippen LogP contribution in [-0.4, -0.2) is 28.4 Å². The Morgan fingerprint density at radius 2 is 1.55 bits per heavy atom. The molecule has 0 spiro atoms. The van der Waals surface area contributed by atoms with Gasteiger partial charge in [-0.15, -0.1) is 0 Å². The Labute approximate surface area is 224 Å². The van der Waals surface area contributed by atoms with Crippen LogP contribution in [0.15, 0.2) is 78.9 Å². The van der Waals surface area contributed by atoms with E-state index in [0.29, 0.717) is 13.1 Å². The first-order chi connectivity index (χ1) is 18.4. The first kappa shape index (κ1) is 28.4. The minimum Gasteiger partial charge on any atom is -0.478 e. The first-order valence-electron chi connectivity index (χ1n) is 13.0. The van der Waals surface area contributed by atoms with E-state index in [1.807, 2.05) is 43.3 Å². The number of amides is 1. The molecule has 0 heterocycles. The van der Waals surface area contributed by atoms with E-state index < -0.39 is 17.3 Å². The van der Waals surface area contributed by atoms with Crippen molar-refractivity contribution in [3.63, 3.8) is 0 Å². The summed E-state index contributed by atoms with van der Waals surface area (Å²) < 4.78 is 13.9. The third-order valence-corrected chi connectivity index (χ3v) is 6.22. The van der Waals surface area contributed by atoms with Gasteiger partial charge in [-0.2, -0.15) is 0 Å². The van der Waals surface area contributed by atoms with E-state index in [1.165, 1.54) is 24.5 Å². The van der Waals surface area contributed by atoms with Crippen LogP contribution < -0.4 is 0 Å². The minimum atomic E-state index is -1.40. The number of rotatable bonds is 11. The molecule has 0 aliphatic heterocycles. The lowest BCUT2D eigenvalue weighted by Gasteiger charge is -2.23. The van der Waals surface area contributed by atoms with Gasteiger partial charge in [-0.05, 0) is 86.2 Å². The van der Waals surface area contributed by atoms with Crippen molar-refractivity contribution in [3.05, 3.63) is 118 Å². The number of carboxylic acid groups (broad SMARTS) is 1. The van der Waals surface area contributed by atoms with E-state index in [4.69, 9.17) is 0 Å². The lowest BCUT2D eigenvalue weighted by Crippen LogP contribution is -2.31. The van der Waals surface area contributed by atoms with Gasteiger partial charge in [0, 0.05) is 29.8 Å². The molecule has 1 N–H and O–H groups in total. The Morgan fingerprint density at radius 1 is 0.921 bits per heavy atom. The van der Waals surface area contributed by atoms with Crippen molar-refractivity contribution < 1.29 is 19.1 Å². The standard InChI is InChI=1S/C33H34FNO3/c1-3-5-7-8-22-35(32(36)29-20-21-31(34)30(23-29)33(37)38)24-28-18-16-27(17-19-28)15-14-26-12-10-25(11-13-26)9-6-4-2/h3,5,10-13,16-21,23H,4,6-9,22,24H2,1-2H3,(H,37,38)/b5-3+. The number of hydrogen-bond donors (Lipinski definition) is 1. The number of aryl methyl sites for hydroxylation is 1. The summed E-state index contributed by atoms with van der Waals surface area (Å²) in [6.07, 6.45) is 9.02. The van der Waals surface area contributed by atoms with E-state index in [2.05, 4.69) is 43.0 Å². The van der Waals surface area contributed by atoms with Crippen molar-refractivity contribution in [2.75, 3.05) is 6.54 Å². The maximum absolute atomic E-state index is 13.9. The molecule has 0 fully saturated rings. The summed E-state index contributed by atoms with van der Waals surface area (Å²) in [6, 6.07) is 19.6. The van der Waals surface area contributed by atoms with Crippen LogP contribution >= 0.6 is 0 Å². The van der Waals surface area contributed by atoms with Gasteiger partial charge in [0.2, 0.25) is 0 Å². The summed E-state index contributed by atoms with van der Waals surface area (Å²) >= 11 is 0. The molecule has 5 heteroatoms. The Bertz CT molecular complexity index is 1320. The normalized spacial score (nSPS) is 10.7. The van der Waals surface area contributed by atoms with E-state index in [0.717, 1.165) is 48.1 Å². The van der Waals surface area contributed by atoms with Gasteiger partial charge < -0.3 is 10.0 Å². The number of carbonyl (C=O) groups excluding carboxylic acids is 1. The maximum Gasteiger partial charge on any atom is 0.338 e. The van der Waals surface area contributed by atoms with Crippen molar-refractivity contribution in [2.24, 2.45) is 0 Å². The van der Waals surface area contributed by atoms with Gasteiger partial charge in [0.05, 0.1) is 5.56 Å². The summed E-state index contributed by atoms with van der Waals surface area (Å²) in [5.41, 5.74) is 3.73. The highest BCUT2D eigenvalue weighted by molar-refractivity contribution is 5.97. The average Bonchev–Trinajstić information content (AvgIpc) is 2.93. The van der Waals surface area contributed by atoms with Crippen molar-refractivity contribution in [3.8, 4) is 11.8 Å². The Morgan fingerprint density at radius 3 is 2.13 bits per heavy atom. The van der Waals surface area contributed by atoms with Gasteiger partial charge in [0.15, 0.2) is 0 Å². The van der Waals surface area contributed by atoms with Crippen molar-refractivity contribution in [1.82, 2.24) is 4.90 Å². The molecular formula is C33H34FNO3. The second-order valence-electron chi connectivity index (χ2n) is 9.19. The van der Waals surface area contributed by atoms with Crippen LogP contribution in [0.5, 0.6) is 0 Å². The minimum absolute atomic E-state index is 0.151. The van der Waals surface area contributed by atoms with Crippen molar-refractivity contribution in [2.45, 2.75) is 52.5 Å². The number of allylic oxidation sites excluding steroid dienone is 2. The molecule has 0 atom stereocenters. The van der Waals surface area contributed by atoms with Crippen LogP contribution in [0.1, 0.15) is 82.5 Å². The number of hydrogen-bond acceptors (Lipinski definition) is 2. The molecule has 3 aromatic carbocycles. The zero-order valence-corrected chi connectivity index (χ0v) is 22.0. The van der Waals surface area contributed by atoms with Gasteiger partial charge in [-0.3, -0.25) is 4.79 Å². The molecule has 4 nitrogen and oxygen atoms in total. The number of nitrogens with zero attached hydrogens (tertiary/aromatic N) is 1. The van der Waals surface area contributed by atoms with Gasteiger partial charge in [-0.1, -0.05) is 61.6 Å². The Kier molecular flexibility index (Phi) is 10.9. The number of unbranched alkanes of at least 4 members (excludes halogenated alkanes) is 2. The van der Waals surface area contributed by atoms with Crippen LogP contribution in [0.3, 0.4) is 0 Å². The van der Waals surface area contributed by atoms with E-state index >= 15 is 0 Å². The molecule has 38 heavy (non-hydrogen) atoms. The zero-order valence-electron chi connectivity index (χ0n) is 22.0. The number of aromatic carboxylic acids is 1. The highest BCUT2D eigenvalue weighted by atomic mass is 19.1. The summed E-state index contributed by atoms with van der Waals surface area (Å²) in [4.78, 5) is 26.3. The Balaban J connectivity index is 1.73. The van der Waals surface area contributed by atoms with Crippen LogP contribution in [0.2, 0.25) is 0 Å². The predicted octanol–water partition coefficient (Wildman–Crippen LogP) is 7.27. The third-order valence-electron chi connectivity index (χ3n) is 6.22. The van der Waals surface area contributed by atoms with E-state index in [9.17, 15) is 19.1 Å². The van der Waals surface area contributed by atoms with Gasteiger partial charge >= 0.3 is 5.97 Å². The van der Waals surface area contributed by atoms with Crippen molar-refractivity contribution >= 4 is 11.9 Å². The first-order valence-corrected chi connectivity index (χ1v) is 13.0. The van der Waals surface area contributed by atoms with E-state index in [1.54, 1.807) is 4.90 Å². The smallest absolute Gasteiger partial charge is 0.338 e. The lowest BCUT2D eigenvalue weighted by molar-refractivity contribution is 0.0692. The van der Waals surface area contributed by atoms with Crippen LogP contribution in [0, 0.1) is 17.7 Å². The molecule has 196 valence electrons. The van der Waals surface area contributed by atoms with E-state index in [-0.39, 0.29) is 11.5 Å². The van der Waals surface area contributed by atoms with Crippen molar-refractivity contribution in [1.29, 1.82) is 0 Å². The number of halogens is 1. The Hall–Kier alpha value is -4.17. The number of carbonyl (C=O) groups is 2. The summed E-state index contributed by atoms with van der Waals surface area (Å²) in [7, 11) is 0. The molecule has 1 amide bonds. The monoisotopic (exact) mass is 511 g/mol. The summed E-state index contributed by atoms with van der Waals surface area (Å²) in [5, 5.41) is 9.25. The highest BCUT2D eigenvalue weighted by Crippen LogP contribution is 2.16. The molecule has 0 saturated heterocycles. The van der Waals surface area contributed by atoms with Gasteiger partial charge in [-0.25, -0.2) is 9.18 Å². The largest absolute Gasteiger partial charge is 0.478 e. The fraction of sp³-hybridized carbons (Fsp3) is 0.273. The van der Waals surface area contributed by atoms with Crippen LogP contribution in [0.4, 0.5) is 4.39 Å². The van der Waals surface area contributed by atoms with Crippen LogP contribution in [0.25, 0.3) is 0 Å². The predicted molar refractivity (Wildman–Crippen MR) is 150 cm³/mol. The molecule has 0 aromatic heterocycles. The fourth-order valence-electron chi connectivity index (χ4n) is 4.02. The molecule has 3 rings (SSSR count). The molecular weight excluding hydrogens is 477 g/mol. The SMILES string of the molecule is C/C=C/CCCN(Cc1ccc(C#Cc2ccc(CCCC)cc2)cc1)C(=O)c1ccc(F)c(C(=O)O)c1. The molecule has 0 aliphatic rings.